The molecule has 37 heavy (non-hydrogen) atoms. The van der Waals surface area contributed by atoms with Crippen molar-refractivity contribution in [2.45, 2.75) is 57.4 Å². The third-order valence-electron chi connectivity index (χ3n) is 8.79. The molecule has 2 heterocycles. The molecule has 4 aliphatic rings. The van der Waals surface area contributed by atoms with Crippen LogP contribution in [0.15, 0.2) is 41.3 Å². The van der Waals surface area contributed by atoms with Gasteiger partial charge in [0.15, 0.2) is 5.65 Å². The van der Waals surface area contributed by atoms with Gasteiger partial charge in [-0.2, -0.15) is 0 Å². The zero-order valence-corrected chi connectivity index (χ0v) is 21.3. The highest BCUT2D eigenvalue weighted by Crippen LogP contribution is 2.59. The summed E-state index contributed by atoms with van der Waals surface area (Å²) in [6.07, 6.45) is 8.73. The summed E-state index contributed by atoms with van der Waals surface area (Å²) in [6.45, 7) is 2.88. The van der Waals surface area contributed by atoms with Crippen molar-refractivity contribution in [2.24, 2.45) is 17.8 Å². The van der Waals surface area contributed by atoms with Gasteiger partial charge in [-0.3, -0.25) is 14.2 Å². The van der Waals surface area contributed by atoms with E-state index in [1.807, 2.05) is 11.9 Å². The average molecular weight is 507 g/mol. The number of amides is 1. The van der Waals surface area contributed by atoms with Crippen LogP contribution in [0.4, 0.5) is 14.6 Å². The van der Waals surface area contributed by atoms with Crippen molar-refractivity contribution < 1.29 is 13.6 Å². The van der Waals surface area contributed by atoms with E-state index in [4.69, 9.17) is 4.98 Å². The molecule has 3 aromatic rings. The van der Waals surface area contributed by atoms with Crippen LogP contribution in [0, 0.1) is 29.4 Å². The van der Waals surface area contributed by atoms with Gasteiger partial charge in [-0.05, 0) is 80.5 Å². The number of hydrogen-bond acceptors (Lipinski definition) is 4. The maximum atomic E-state index is 15.0. The van der Waals surface area contributed by atoms with E-state index in [1.165, 1.54) is 29.7 Å². The predicted octanol–water partition coefficient (Wildman–Crippen LogP) is 5.21. The van der Waals surface area contributed by atoms with Crippen molar-refractivity contribution in [3.8, 4) is 5.69 Å². The lowest BCUT2D eigenvalue weighted by Crippen LogP contribution is -2.51. The second-order valence-corrected chi connectivity index (χ2v) is 11.4. The molecule has 2 unspecified atom stereocenters. The molecule has 4 saturated carbocycles. The molecule has 1 amide bonds. The van der Waals surface area contributed by atoms with E-state index in [0.717, 1.165) is 50.8 Å². The van der Waals surface area contributed by atoms with E-state index >= 15 is 0 Å². The number of halogens is 2. The van der Waals surface area contributed by atoms with Crippen molar-refractivity contribution in [1.29, 1.82) is 0 Å². The molecule has 4 aliphatic carbocycles. The van der Waals surface area contributed by atoms with E-state index in [2.05, 4.69) is 12.2 Å². The highest BCUT2D eigenvalue weighted by Gasteiger charge is 2.56. The second kappa shape index (κ2) is 8.92. The van der Waals surface area contributed by atoms with Crippen molar-refractivity contribution in [3.05, 3.63) is 63.9 Å². The van der Waals surface area contributed by atoms with Gasteiger partial charge >= 0.3 is 0 Å². The first-order chi connectivity index (χ1) is 17.8. The summed E-state index contributed by atoms with van der Waals surface area (Å²) in [7, 11) is 1.91. The molecule has 8 heteroatoms. The van der Waals surface area contributed by atoms with Gasteiger partial charge in [0.1, 0.15) is 23.0 Å². The van der Waals surface area contributed by atoms with Crippen molar-refractivity contribution in [2.75, 3.05) is 18.5 Å². The minimum absolute atomic E-state index is 0.0271. The van der Waals surface area contributed by atoms with Gasteiger partial charge in [0.25, 0.3) is 5.91 Å². The fourth-order valence-electron chi connectivity index (χ4n) is 7.21. The van der Waals surface area contributed by atoms with Crippen LogP contribution in [0.25, 0.3) is 16.7 Å². The summed E-state index contributed by atoms with van der Waals surface area (Å²) < 4.78 is 30.1. The molecule has 6 nitrogen and oxygen atoms in total. The minimum atomic E-state index is -0.799. The van der Waals surface area contributed by atoms with Crippen molar-refractivity contribution in [1.82, 2.24) is 14.9 Å². The molecule has 0 aliphatic heterocycles. The van der Waals surface area contributed by atoms with E-state index in [9.17, 15) is 18.4 Å². The maximum absolute atomic E-state index is 15.0. The number of carbonyl (C=O) groups excluding carboxylic acids is 1. The lowest BCUT2D eigenvalue weighted by atomic mass is 9.75. The molecular formula is C29H32F2N4O2. The molecule has 2 aromatic heterocycles. The Morgan fingerprint density at radius 2 is 1.92 bits per heavy atom. The molecule has 194 valence electrons. The molecule has 4 fully saturated rings. The number of aromatic nitrogens is 2. The number of unbranched alkanes of at least 4 members (excludes halogenated alkanes) is 1. The van der Waals surface area contributed by atoms with Crippen LogP contribution in [-0.4, -0.2) is 34.6 Å². The molecule has 2 atom stereocenters. The van der Waals surface area contributed by atoms with Crippen molar-refractivity contribution in [3.63, 3.8) is 0 Å². The van der Waals surface area contributed by atoms with Crippen LogP contribution in [0.3, 0.4) is 0 Å². The van der Waals surface area contributed by atoms with Crippen LogP contribution in [0.1, 0.15) is 62.2 Å². The Bertz CT molecular complexity index is 1430. The van der Waals surface area contributed by atoms with Crippen LogP contribution >= 0.6 is 0 Å². The fraction of sp³-hybridized carbons (Fsp3) is 0.483. The summed E-state index contributed by atoms with van der Waals surface area (Å²) in [5.74, 6) is 0.656. The quantitative estimate of drug-likeness (QED) is 0.478. The number of fused-ring (bicyclic) bond motifs is 1. The van der Waals surface area contributed by atoms with Crippen LogP contribution < -0.4 is 15.6 Å². The van der Waals surface area contributed by atoms with Gasteiger partial charge < -0.3 is 10.2 Å². The Morgan fingerprint density at radius 3 is 2.59 bits per heavy atom. The summed E-state index contributed by atoms with van der Waals surface area (Å²) in [5, 5.41) is 3.45. The first-order valence-corrected chi connectivity index (χ1v) is 13.3. The van der Waals surface area contributed by atoms with Gasteiger partial charge in [-0.25, -0.2) is 13.8 Å². The predicted molar refractivity (Wildman–Crippen MR) is 139 cm³/mol. The highest BCUT2D eigenvalue weighted by atomic mass is 19.1. The van der Waals surface area contributed by atoms with Crippen LogP contribution in [-0.2, 0) is 0 Å². The number of anilines is 1. The van der Waals surface area contributed by atoms with Crippen LogP contribution in [0.2, 0.25) is 0 Å². The Kier molecular flexibility index (Phi) is 5.81. The largest absolute Gasteiger partial charge is 0.360 e. The Labute approximate surface area is 214 Å². The smallest absolute Gasteiger partial charge is 0.257 e. The topological polar surface area (TPSA) is 67.2 Å². The molecule has 1 N–H and O–H groups in total. The highest BCUT2D eigenvalue weighted by molar-refractivity contribution is 5.98. The molecule has 4 bridgehead atoms. The Hall–Kier alpha value is -3.29. The van der Waals surface area contributed by atoms with Gasteiger partial charge in [-0.15, -0.1) is 0 Å². The van der Waals surface area contributed by atoms with E-state index < -0.39 is 23.0 Å². The van der Waals surface area contributed by atoms with Gasteiger partial charge in [-0.1, -0.05) is 13.3 Å². The van der Waals surface area contributed by atoms with Gasteiger partial charge in [0.2, 0.25) is 5.43 Å². The lowest BCUT2D eigenvalue weighted by Gasteiger charge is -2.39. The molecule has 1 aromatic carbocycles. The number of carbonyl (C=O) groups is 1. The summed E-state index contributed by atoms with van der Waals surface area (Å²) in [5.41, 5.74) is -0.494. The van der Waals surface area contributed by atoms with E-state index in [-0.39, 0.29) is 27.8 Å². The summed E-state index contributed by atoms with van der Waals surface area (Å²) in [4.78, 5) is 33.8. The summed E-state index contributed by atoms with van der Waals surface area (Å²) in [6, 6.07) is 6.66. The molecule has 0 spiro atoms. The number of nitrogens with zero attached hydrogens (tertiary/aromatic N) is 3. The number of benzene rings is 1. The van der Waals surface area contributed by atoms with E-state index in [0.29, 0.717) is 23.6 Å². The molecule has 0 radical (unpaired) electrons. The van der Waals surface area contributed by atoms with Crippen LogP contribution in [0.5, 0.6) is 0 Å². The number of rotatable bonds is 7. The third kappa shape index (κ3) is 4.10. The fourth-order valence-corrected chi connectivity index (χ4v) is 7.21. The first-order valence-electron chi connectivity index (χ1n) is 13.3. The molecular weight excluding hydrogens is 474 g/mol. The normalized spacial score (nSPS) is 25.7. The van der Waals surface area contributed by atoms with Gasteiger partial charge in [0.05, 0.1) is 11.1 Å². The second-order valence-electron chi connectivity index (χ2n) is 11.4. The first kappa shape index (κ1) is 24.1. The summed E-state index contributed by atoms with van der Waals surface area (Å²) >= 11 is 0. The molecule has 0 saturated heterocycles. The third-order valence-corrected chi connectivity index (χ3v) is 8.79. The monoisotopic (exact) mass is 506 g/mol. The Morgan fingerprint density at radius 1 is 1.16 bits per heavy atom. The van der Waals surface area contributed by atoms with Crippen molar-refractivity contribution >= 4 is 22.8 Å². The minimum Gasteiger partial charge on any atom is -0.360 e. The molecule has 7 rings (SSSR count). The number of hydrogen-bond donors (Lipinski definition) is 1. The maximum Gasteiger partial charge on any atom is 0.257 e. The standard InChI is InChI=1S/C29H32F2N4O2/c1-3-4-9-34(2)25-8-6-21-26(36)22(16-35(27(21)32-25)24-7-5-20(30)12-23(24)31)28(37)33-29-13-17-10-18(14-29)19(11-17)15-29/h5-8,12,16-19H,3-4,9-11,13-15H2,1-2H3,(H,33,37). The number of nitrogens with one attached hydrogen (secondary N) is 1. The average Bonchev–Trinajstić information content (AvgIpc) is 3.28. The SMILES string of the molecule is CCCCN(C)c1ccc2c(=O)c(C(=O)NC34CC5CC(C3)C(C5)C4)cn(-c3ccc(F)cc3F)c2n1. The zero-order valence-electron chi connectivity index (χ0n) is 21.3. The van der Waals surface area contributed by atoms with E-state index in [1.54, 1.807) is 12.1 Å². The Balaban J connectivity index is 1.45. The van der Waals surface area contributed by atoms with Gasteiger partial charge in [0, 0.05) is 31.4 Å². The lowest BCUT2D eigenvalue weighted by molar-refractivity contribution is 0.0844. The number of pyridine rings is 2. The zero-order chi connectivity index (χ0) is 25.9.